The lowest BCUT2D eigenvalue weighted by atomic mass is 9.95. The van der Waals surface area contributed by atoms with Crippen LogP contribution in [0.5, 0.6) is 0 Å². The number of benzene rings is 3. The summed E-state index contributed by atoms with van der Waals surface area (Å²) in [6.45, 7) is 0.252. The van der Waals surface area contributed by atoms with Crippen molar-refractivity contribution in [2.75, 3.05) is 11.6 Å². The first-order valence-electron chi connectivity index (χ1n) is 9.97. The number of anilines is 1. The Labute approximate surface area is 190 Å². The minimum Gasteiger partial charge on any atom is -0.325 e. The number of rotatable bonds is 7. The van der Waals surface area contributed by atoms with Gasteiger partial charge in [-0.25, -0.2) is 13.1 Å². The van der Waals surface area contributed by atoms with E-state index in [1.807, 2.05) is 72.8 Å². The van der Waals surface area contributed by atoms with Gasteiger partial charge >= 0.3 is 0 Å². The van der Waals surface area contributed by atoms with Gasteiger partial charge in [0.25, 0.3) is 0 Å². The van der Waals surface area contributed by atoms with Crippen LogP contribution in [0.1, 0.15) is 26.8 Å². The second-order valence-corrected chi connectivity index (χ2v) is 10.2. The van der Waals surface area contributed by atoms with Gasteiger partial charge in [-0.1, -0.05) is 60.1 Å². The van der Waals surface area contributed by atoms with E-state index >= 15 is 0 Å². The molecule has 3 aromatic rings. The maximum atomic E-state index is 13.0. The molecule has 1 fully saturated rings. The van der Waals surface area contributed by atoms with Gasteiger partial charge in [0.15, 0.2) is 0 Å². The highest BCUT2D eigenvalue weighted by atomic mass is 35.5. The van der Waals surface area contributed by atoms with Crippen molar-refractivity contribution in [1.29, 1.82) is 0 Å². The molecule has 5 nitrogen and oxygen atoms in total. The van der Waals surface area contributed by atoms with Gasteiger partial charge in [-0.3, -0.25) is 4.79 Å². The number of hydrogen-bond donors (Lipinski definition) is 2. The van der Waals surface area contributed by atoms with Crippen molar-refractivity contribution in [2.24, 2.45) is 0 Å². The Morgan fingerprint density at radius 2 is 1.68 bits per heavy atom. The molecule has 0 aromatic heterocycles. The molecule has 0 spiro atoms. The highest BCUT2D eigenvalue weighted by molar-refractivity contribution is 7.88. The van der Waals surface area contributed by atoms with Crippen molar-refractivity contribution >= 4 is 33.2 Å². The minimum atomic E-state index is -3.23. The number of hydrogen-bond acceptors (Lipinski definition) is 3. The van der Waals surface area contributed by atoms with E-state index in [0.29, 0.717) is 5.02 Å². The molecule has 0 aliphatic heterocycles. The van der Waals surface area contributed by atoms with E-state index < -0.39 is 15.4 Å². The zero-order chi connectivity index (χ0) is 22.1. The van der Waals surface area contributed by atoms with Crippen LogP contribution < -0.4 is 10.0 Å². The third-order valence-corrected chi connectivity index (χ3v) is 6.45. The van der Waals surface area contributed by atoms with Gasteiger partial charge in [0, 0.05) is 20.1 Å². The normalized spacial score (nSPS) is 14.8. The first-order chi connectivity index (χ1) is 14.7. The lowest BCUT2D eigenvalue weighted by molar-refractivity contribution is -0.118. The number of carbonyl (C=O) groups excluding carboxylic acids is 1. The van der Waals surface area contributed by atoms with Gasteiger partial charge in [0.1, 0.15) is 0 Å². The number of sulfonamides is 1. The van der Waals surface area contributed by atoms with Crippen LogP contribution in [0, 0.1) is 0 Å². The minimum absolute atomic E-state index is 0. The molecule has 1 saturated carbocycles. The largest absolute Gasteiger partial charge is 0.325 e. The predicted octanol–water partition coefficient (Wildman–Crippen LogP) is 5.22. The second kappa shape index (κ2) is 8.46. The van der Waals surface area contributed by atoms with Crippen LogP contribution in [0.4, 0.5) is 5.69 Å². The summed E-state index contributed by atoms with van der Waals surface area (Å²) in [6, 6.07) is 22.8. The molecule has 3 aromatic carbocycles. The molecule has 1 amide bonds. The standard InChI is InChI=1S/C24H23ClN2O3S.2H2/c1-31(29,30)26-16-17-5-7-18(8-6-17)19-3-2-4-22(15-19)27-23(28)24(13-14-24)20-9-11-21(25)12-10-20;;/h2-12,15,26H,13-14,16H2,1H3,(H,27,28);2*1H. The molecule has 1 aliphatic rings. The molecule has 2 N–H and O–H groups in total. The van der Waals surface area contributed by atoms with Crippen molar-refractivity contribution in [3.63, 3.8) is 0 Å². The zero-order valence-corrected chi connectivity index (χ0v) is 18.6. The average molecular weight is 459 g/mol. The topological polar surface area (TPSA) is 75.3 Å². The quantitative estimate of drug-likeness (QED) is 0.509. The number of nitrogens with one attached hydrogen (secondary N) is 2. The summed E-state index contributed by atoms with van der Waals surface area (Å²) >= 11 is 5.98. The summed E-state index contributed by atoms with van der Waals surface area (Å²) in [4.78, 5) is 13.0. The summed E-state index contributed by atoms with van der Waals surface area (Å²) in [5.74, 6) is -0.00540. The highest BCUT2D eigenvalue weighted by Crippen LogP contribution is 2.49. The molecular weight excluding hydrogens is 432 g/mol. The van der Waals surface area contributed by atoms with Gasteiger partial charge in [-0.15, -0.1) is 0 Å². The van der Waals surface area contributed by atoms with E-state index in [-0.39, 0.29) is 15.3 Å². The molecule has 0 bridgehead atoms. The zero-order valence-electron chi connectivity index (χ0n) is 17.1. The maximum Gasteiger partial charge on any atom is 0.235 e. The van der Waals surface area contributed by atoms with Gasteiger partial charge in [0.05, 0.1) is 11.7 Å². The van der Waals surface area contributed by atoms with Crippen LogP contribution in [0.3, 0.4) is 0 Å². The van der Waals surface area contributed by atoms with E-state index in [1.165, 1.54) is 0 Å². The predicted molar refractivity (Wildman–Crippen MR) is 129 cm³/mol. The van der Waals surface area contributed by atoms with Crippen LogP contribution in [0.25, 0.3) is 11.1 Å². The molecule has 4 rings (SSSR count). The Morgan fingerprint density at radius 3 is 2.29 bits per heavy atom. The molecule has 0 atom stereocenters. The summed E-state index contributed by atoms with van der Waals surface area (Å²) in [7, 11) is -3.23. The van der Waals surface area contributed by atoms with E-state index in [9.17, 15) is 13.2 Å². The molecule has 0 unspecified atom stereocenters. The van der Waals surface area contributed by atoms with E-state index in [2.05, 4.69) is 10.0 Å². The van der Waals surface area contributed by atoms with Gasteiger partial charge in [-0.2, -0.15) is 0 Å². The van der Waals surface area contributed by atoms with Crippen LogP contribution in [-0.4, -0.2) is 20.6 Å². The molecule has 0 heterocycles. The summed E-state index contributed by atoms with van der Waals surface area (Å²) in [5.41, 5.74) is 4.08. The fraction of sp³-hybridized carbons (Fsp3) is 0.208. The molecule has 0 saturated heterocycles. The van der Waals surface area contributed by atoms with Crippen molar-refractivity contribution < 1.29 is 16.1 Å². The Balaban J connectivity index is 0.00000193. The molecule has 7 heteroatoms. The Hall–Kier alpha value is -2.67. The van der Waals surface area contributed by atoms with Crippen LogP contribution in [-0.2, 0) is 26.8 Å². The lowest BCUT2D eigenvalue weighted by Crippen LogP contribution is -2.27. The van der Waals surface area contributed by atoms with Crippen molar-refractivity contribution in [2.45, 2.75) is 24.8 Å². The fourth-order valence-corrected chi connectivity index (χ4v) is 4.15. The fourth-order valence-electron chi connectivity index (χ4n) is 3.60. The lowest BCUT2D eigenvalue weighted by Gasteiger charge is -2.16. The van der Waals surface area contributed by atoms with Crippen molar-refractivity contribution in [1.82, 2.24) is 4.72 Å². The highest BCUT2D eigenvalue weighted by Gasteiger charge is 2.51. The van der Waals surface area contributed by atoms with Crippen LogP contribution in [0.2, 0.25) is 5.02 Å². The summed E-state index contributed by atoms with van der Waals surface area (Å²) in [6.07, 6.45) is 2.78. The summed E-state index contributed by atoms with van der Waals surface area (Å²) < 4.78 is 25.0. The first-order valence-corrected chi connectivity index (χ1v) is 12.2. The monoisotopic (exact) mass is 458 g/mol. The van der Waals surface area contributed by atoms with Gasteiger partial charge in [0.2, 0.25) is 15.9 Å². The Morgan fingerprint density at radius 1 is 1.00 bits per heavy atom. The number of amides is 1. The molecule has 31 heavy (non-hydrogen) atoms. The molecular formula is C24H27ClN2O3S. The van der Waals surface area contributed by atoms with Crippen molar-refractivity contribution in [3.05, 3.63) is 88.9 Å². The van der Waals surface area contributed by atoms with Crippen LogP contribution >= 0.6 is 11.6 Å². The Bertz CT molecular complexity index is 1210. The van der Waals surface area contributed by atoms with Crippen LogP contribution in [0.15, 0.2) is 72.8 Å². The SMILES string of the molecule is CS(=O)(=O)NCc1ccc(-c2cccc(NC(=O)C3(c4ccc(Cl)cc4)CC3)c2)cc1.[HH].[HH]. The molecule has 0 radical (unpaired) electrons. The first kappa shape index (κ1) is 21.6. The molecule has 1 aliphatic carbocycles. The third-order valence-electron chi connectivity index (χ3n) is 5.53. The van der Waals surface area contributed by atoms with Crippen molar-refractivity contribution in [3.8, 4) is 11.1 Å². The average Bonchev–Trinajstić information content (AvgIpc) is 3.55. The second-order valence-electron chi connectivity index (χ2n) is 7.91. The molecule has 164 valence electrons. The summed E-state index contributed by atoms with van der Waals surface area (Å²) in [5, 5.41) is 3.73. The smallest absolute Gasteiger partial charge is 0.235 e. The number of carbonyl (C=O) groups is 1. The van der Waals surface area contributed by atoms with E-state index in [4.69, 9.17) is 11.6 Å². The third kappa shape index (κ3) is 5.15. The van der Waals surface area contributed by atoms with E-state index in [0.717, 1.165) is 47.0 Å². The van der Waals surface area contributed by atoms with E-state index in [1.54, 1.807) is 0 Å². The van der Waals surface area contributed by atoms with Gasteiger partial charge < -0.3 is 5.32 Å². The maximum absolute atomic E-state index is 13.0. The van der Waals surface area contributed by atoms with Gasteiger partial charge in [-0.05, 0) is 59.4 Å². The Kier molecular flexibility index (Phi) is 5.88. The number of halogens is 1.